The van der Waals surface area contributed by atoms with Crippen molar-refractivity contribution in [3.63, 3.8) is 0 Å². The van der Waals surface area contributed by atoms with Crippen LogP contribution in [0.15, 0.2) is 48.5 Å². The monoisotopic (exact) mass is 344 g/mol. The van der Waals surface area contributed by atoms with Gasteiger partial charge in [-0.15, -0.1) is 0 Å². The van der Waals surface area contributed by atoms with Crippen molar-refractivity contribution in [2.75, 3.05) is 19.9 Å². The van der Waals surface area contributed by atoms with E-state index in [0.717, 1.165) is 35.8 Å². The van der Waals surface area contributed by atoms with Gasteiger partial charge in [0.05, 0.1) is 6.61 Å². The van der Waals surface area contributed by atoms with Crippen LogP contribution in [0.25, 0.3) is 0 Å². The molecule has 126 valence electrons. The second kappa shape index (κ2) is 8.40. The maximum Gasteiger partial charge on any atom is 0.231 e. The molecule has 3 rings (SSSR count). The molecule has 0 saturated heterocycles. The third kappa shape index (κ3) is 4.76. The molecule has 2 aromatic rings. The number of thiocarbonyl (C=S) groups is 1. The summed E-state index contributed by atoms with van der Waals surface area (Å²) in [5, 5.41) is 6.99. The molecule has 2 aromatic carbocycles. The zero-order valence-electron chi connectivity index (χ0n) is 13.3. The summed E-state index contributed by atoms with van der Waals surface area (Å²) < 4.78 is 16.3. The molecule has 0 aromatic heterocycles. The molecular weight excluding hydrogens is 324 g/mol. The van der Waals surface area contributed by atoms with Crippen molar-refractivity contribution in [3.8, 4) is 17.2 Å². The van der Waals surface area contributed by atoms with E-state index in [-0.39, 0.29) is 6.79 Å². The van der Waals surface area contributed by atoms with Crippen LogP contribution in [0.4, 0.5) is 0 Å². The Bertz CT molecular complexity index is 679. The van der Waals surface area contributed by atoms with Crippen LogP contribution in [0.1, 0.15) is 12.0 Å². The molecule has 5 nitrogen and oxygen atoms in total. The van der Waals surface area contributed by atoms with Gasteiger partial charge in [0, 0.05) is 13.1 Å². The van der Waals surface area contributed by atoms with Gasteiger partial charge in [0.15, 0.2) is 16.6 Å². The molecule has 0 spiro atoms. The molecule has 0 bridgehead atoms. The Morgan fingerprint density at radius 3 is 2.75 bits per heavy atom. The zero-order valence-corrected chi connectivity index (χ0v) is 14.1. The van der Waals surface area contributed by atoms with Crippen molar-refractivity contribution >= 4 is 17.3 Å². The number of fused-ring (bicyclic) bond motifs is 1. The van der Waals surface area contributed by atoms with Gasteiger partial charge in [-0.2, -0.15) is 0 Å². The van der Waals surface area contributed by atoms with E-state index < -0.39 is 0 Å². The molecule has 0 radical (unpaired) electrons. The number of para-hydroxylation sites is 1. The predicted octanol–water partition coefficient (Wildman–Crippen LogP) is 2.85. The Labute approximate surface area is 146 Å². The highest BCUT2D eigenvalue weighted by Crippen LogP contribution is 2.32. The number of hydrogen-bond donors (Lipinski definition) is 2. The van der Waals surface area contributed by atoms with Gasteiger partial charge < -0.3 is 24.8 Å². The highest BCUT2D eigenvalue weighted by Gasteiger charge is 2.12. The summed E-state index contributed by atoms with van der Waals surface area (Å²) in [5.41, 5.74) is 1.09. The van der Waals surface area contributed by atoms with E-state index in [1.807, 2.05) is 48.5 Å². The van der Waals surface area contributed by atoms with Crippen molar-refractivity contribution in [2.45, 2.75) is 13.0 Å². The summed E-state index contributed by atoms with van der Waals surface area (Å²) >= 11 is 5.28. The first-order valence-electron chi connectivity index (χ1n) is 7.89. The molecule has 0 saturated carbocycles. The molecule has 24 heavy (non-hydrogen) atoms. The topological polar surface area (TPSA) is 51.8 Å². The fourth-order valence-corrected chi connectivity index (χ4v) is 2.45. The molecule has 0 aliphatic carbocycles. The largest absolute Gasteiger partial charge is 0.494 e. The van der Waals surface area contributed by atoms with Crippen molar-refractivity contribution in [3.05, 3.63) is 54.1 Å². The average Bonchev–Trinajstić information content (AvgIpc) is 3.08. The van der Waals surface area contributed by atoms with E-state index in [4.69, 9.17) is 26.4 Å². The van der Waals surface area contributed by atoms with Gasteiger partial charge in [0.1, 0.15) is 5.75 Å². The molecule has 1 heterocycles. The number of hydrogen-bond acceptors (Lipinski definition) is 4. The van der Waals surface area contributed by atoms with E-state index in [9.17, 15) is 0 Å². The van der Waals surface area contributed by atoms with Gasteiger partial charge in [-0.3, -0.25) is 0 Å². The summed E-state index contributed by atoms with van der Waals surface area (Å²) in [6.45, 7) is 2.35. The number of nitrogens with one attached hydrogen (secondary N) is 2. The molecule has 0 fully saturated rings. The number of rotatable bonds is 7. The maximum absolute atomic E-state index is 5.63. The highest BCUT2D eigenvalue weighted by molar-refractivity contribution is 7.80. The molecular formula is C18H20N2O3S. The van der Waals surface area contributed by atoms with E-state index in [1.165, 1.54) is 0 Å². The summed E-state index contributed by atoms with van der Waals surface area (Å²) in [6, 6.07) is 15.7. The van der Waals surface area contributed by atoms with Crippen LogP contribution in [0.3, 0.4) is 0 Å². The lowest BCUT2D eigenvalue weighted by atomic mass is 10.2. The van der Waals surface area contributed by atoms with Crippen LogP contribution in [-0.4, -0.2) is 25.1 Å². The molecule has 0 amide bonds. The standard InChI is InChI=1S/C18H20N2O3S/c24-18(19-9-4-10-21-15-5-2-1-3-6-15)20-12-14-7-8-16-17(11-14)23-13-22-16/h1-3,5-8,11H,4,9-10,12-13H2,(H2,19,20,24). The molecule has 1 aliphatic rings. The van der Waals surface area contributed by atoms with Crippen LogP contribution in [0, 0.1) is 0 Å². The molecule has 0 unspecified atom stereocenters. The minimum Gasteiger partial charge on any atom is -0.494 e. The van der Waals surface area contributed by atoms with Gasteiger partial charge in [-0.25, -0.2) is 0 Å². The van der Waals surface area contributed by atoms with E-state index >= 15 is 0 Å². The van der Waals surface area contributed by atoms with Crippen LogP contribution < -0.4 is 24.8 Å². The lowest BCUT2D eigenvalue weighted by Gasteiger charge is -2.11. The lowest BCUT2D eigenvalue weighted by Crippen LogP contribution is -2.35. The zero-order chi connectivity index (χ0) is 16.6. The van der Waals surface area contributed by atoms with Crippen molar-refractivity contribution < 1.29 is 14.2 Å². The molecule has 1 aliphatic heterocycles. The number of benzene rings is 2. The first-order valence-corrected chi connectivity index (χ1v) is 8.30. The van der Waals surface area contributed by atoms with Crippen molar-refractivity contribution in [1.29, 1.82) is 0 Å². The van der Waals surface area contributed by atoms with Crippen molar-refractivity contribution in [1.82, 2.24) is 10.6 Å². The van der Waals surface area contributed by atoms with Crippen LogP contribution in [-0.2, 0) is 6.54 Å². The van der Waals surface area contributed by atoms with Crippen LogP contribution >= 0.6 is 12.2 Å². The predicted molar refractivity (Wildman–Crippen MR) is 96.6 cm³/mol. The normalized spacial score (nSPS) is 11.8. The van der Waals surface area contributed by atoms with Crippen LogP contribution in [0.5, 0.6) is 17.2 Å². The van der Waals surface area contributed by atoms with Gasteiger partial charge in [0.25, 0.3) is 0 Å². The third-order valence-electron chi connectivity index (χ3n) is 3.51. The Morgan fingerprint density at radius 1 is 1.04 bits per heavy atom. The fourth-order valence-electron chi connectivity index (χ4n) is 2.28. The summed E-state index contributed by atoms with van der Waals surface area (Å²) in [6.07, 6.45) is 0.876. The fraction of sp³-hybridized carbons (Fsp3) is 0.278. The first kappa shape index (κ1) is 16.4. The smallest absolute Gasteiger partial charge is 0.231 e. The van der Waals surface area contributed by atoms with Gasteiger partial charge >= 0.3 is 0 Å². The second-order valence-electron chi connectivity index (χ2n) is 5.31. The lowest BCUT2D eigenvalue weighted by molar-refractivity contribution is 0.174. The minimum atomic E-state index is 0.289. The Kier molecular flexibility index (Phi) is 5.74. The highest BCUT2D eigenvalue weighted by atomic mass is 32.1. The van der Waals surface area contributed by atoms with E-state index in [2.05, 4.69) is 10.6 Å². The summed E-state index contributed by atoms with van der Waals surface area (Å²) in [7, 11) is 0. The molecule has 6 heteroatoms. The number of ether oxygens (including phenoxy) is 3. The average molecular weight is 344 g/mol. The summed E-state index contributed by atoms with van der Waals surface area (Å²) in [5.74, 6) is 2.46. The SMILES string of the molecule is S=C(NCCCOc1ccccc1)NCc1ccc2c(c1)OCO2. The molecule has 0 atom stereocenters. The Morgan fingerprint density at radius 2 is 1.88 bits per heavy atom. The van der Waals surface area contributed by atoms with Gasteiger partial charge in [-0.1, -0.05) is 24.3 Å². The quantitative estimate of drug-likeness (QED) is 0.595. The maximum atomic E-state index is 5.63. The first-order chi connectivity index (χ1) is 11.8. The minimum absolute atomic E-state index is 0.289. The third-order valence-corrected chi connectivity index (χ3v) is 3.80. The van der Waals surface area contributed by atoms with Crippen molar-refractivity contribution in [2.24, 2.45) is 0 Å². The van der Waals surface area contributed by atoms with E-state index in [1.54, 1.807) is 0 Å². The summed E-state index contributed by atoms with van der Waals surface area (Å²) in [4.78, 5) is 0. The van der Waals surface area contributed by atoms with Gasteiger partial charge in [0.2, 0.25) is 6.79 Å². The second-order valence-corrected chi connectivity index (χ2v) is 5.72. The van der Waals surface area contributed by atoms with Gasteiger partial charge in [-0.05, 0) is 48.5 Å². The van der Waals surface area contributed by atoms with Crippen LogP contribution in [0.2, 0.25) is 0 Å². The Balaban J connectivity index is 1.30. The molecule has 2 N–H and O–H groups in total. The Hall–Kier alpha value is -2.47. The van der Waals surface area contributed by atoms with E-state index in [0.29, 0.717) is 18.3 Å².